The van der Waals surface area contributed by atoms with E-state index in [0.717, 1.165) is 31.3 Å². The van der Waals surface area contributed by atoms with Gasteiger partial charge in [0.25, 0.3) is 0 Å². The molecule has 0 bridgehead atoms. The molecule has 1 aliphatic rings. The molecule has 2 N–H and O–H groups in total. The van der Waals surface area contributed by atoms with Crippen LogP contribution in [0.2, 0.25) is 0 Å². The van der Waals surface area contributed by atoms with Crippen molar-refractivity contribution in [2.45, 2.75) is 65.1 Å². The van der Waals surface area contributed by atoms with Gasteiger partial charge in [-0.2, -0.15) is 0 Å². The highest BCUT2D eigenvalue weighted by atomic mass is 32.1. The van der Waals surface area contributed by atoms with Crippen molar-refractivity contribution in [3.63, 3.8) is 0 Å². The van der Waals surface area contributed by atoms with Gasteiger partial charge >= 0.3 is 0 Å². The Morgan fingerprint density at radius 2 is 1.74 bits per heavy atom. The summed E-state index contributed by atoms with van der Waals surface area (Å²) in [6.07, 6.45) is 6.53. The Morgan fingerprint density at radius 1 is 1.09 bits per heavy atom. The summed E-state index contributed by atoms with van der Waals surface area (Å²) in [6.45, 7) is 8.41. The molecule has 0 unspecified atom stereocenters. The molecule has 3 nitrogen and oxygen atoms in total. The van der Waals surface area contributed by atoms with Crippen LogP contribution in [0, 0.1) is 0 Å². The summed E-state index contributed by atoms with van der Waals surface area (Å²) >= 11 is 5.48. The van der Waals surface area contributed by atoms with Crippen LogP contribution in [0.5, 0.6) is 0 Å². The largest absolute Gasteiger partial charge is 0.360 e. The lowest BCUT2D eigenvalue weighted by atomic mass is 9.96. The molecule has 0 heterocycles. The molecular formula is C19H31N3S. The Bertz CT molecular complexity index is 479. The van der Waals surface area contributed by atoms with Gasteiger partial charge in [0.2, 0.25) is 0 Å². The number of rotatable bonds is 7. The summed E-state index contributed by atoms with van der Waals surface area (Å²) in [4.78, 5) is 2.44. The lowest BCUT2D eigenvalue weighted by molar-refractivity contribution is 0.295. The van der Waals surface area contributed by atoms with Crippen LogP contribution in [0.4, 0.5) is 0 Å². The Kier molecular flexibility index (Phi) is 7.83. The molecule has 4 heteroatoms. The fourth-order valence-electron chi connectivity index (χ4n) is 3.23. The van der Waals surface area contributed by atoms with Gasteiger partial charge in [0.15, 0.2) is 5.11 Å². The molecule has 0 atom stereocenters. The van der Waals surface area contributed by atoms with Gasteiger partial charge in [0, 0.05) is 19.1 Å². The average molecular weight is 334 g/mol. The average Bonchev–Trinajstić information content (AvgIpc) is 2.59. The summed E-state index contributed by atoms with van der Waals surface area (Å²) in [6, 6.07) is 9.23. The second-order valence-electron chi connectivity index (χ2n) is 6.39. The molecule has 128 valence electrons. The molecule has 1 fully saturated rings. The van der Waals surface area contributed by atoms with Gasteiger partial charge in [0.1, 0.15) is 0 Å². The molecule has 23 heavy (non-hydrogen) atoms. The fraction of sp³-hybridized carbons (Fsp3) is 0.632. The minimum atomic E-state index is 0.565. The van der Waals surface area contributed by atoms with E-state index in [1.807, 2.05) is 0 Å². The van der Waals surface area contributed by atoms with Gasteiger partial charge in [-0.3, -0.25) is 4.90 Å². The smallest absolute Gasteiger partial charge is 0.166 e. The van der Waals surface area contributed by atoms with Crippen molar-refractivity contribution in [1.82, 2.24) is 15.5 Å². The van der Waals surface area contributed by atoms with E-state index in [0.29, 0.717) is 6.04 Å². The predicted octanol–water partition coefficient (Wildman–Crippen LogP) is 3.83. The zero-order chi connectivity index (χ0) is 16.5. The van der Waals surface area contributed by atoms with E-state index >= 15 is 0 Å². The summed E-state index contributed by atoms with van der Waals surface area (Å²) in [5.74, 6) is 0. The Morgan fingerprint density at radius 3 is 2.39 bits per heavy atom. The summed E-state index contributed by atoms with van der Waals surface area (Å²) in [5.41, 5.74) is 2.73. The zero-order valence-corrected chi connectivity index (χ0v) is 15.4. The topological polar surface area (TPSA) is 27.3 Å². The number of hydrogen-bond donors (Lipinski definition) is 2. The van der Waals surface area contributed by atoms with Gasteiger partial charge in [-0.15, -0.1) is 0 Å². The molecule has 0 amide bonds. The minimum Gasteiger partial charge on any atom is -0.360 e. The lowest BCUT2D eigenvalue weighted by Crippen LogP contribution is -2.42. The SMILES string of the molecule is CCN(CC)Cc1ccccc1CNC(=S)NC1CCCCC1. The van der Waals surface area contributed by atoms with Gasteiger partial charge in [0.05, 0.1) is 0 Å². The lowest BCUT2D eigenvalue weighted by Gasteiger charge is -2.25. The van der Waals surface area contributed by atoms with E-state index in [1.54, 1.807) is 0 Å². The quantitative estimate of drug-likeness (QED) is 0.742. The van der Waals surface area contributed by atoms with Crippen molar-refractivity contribution < 1.29 is 0 Å². The van der Waals surface area contributed by atoms with Crippen LogP contribution >= 0.6 is 12.2 Å². The zero-order valence-electron chi connectivity index (χ0n) is 14.6. The molecule has 1 aromatic rings. The maximum atomic E-state index is 5.48. The molecule has 1 aliphatic carbocycles. The Balaban J connectivity index is 1.85. The maximum absolute atomic E-state index is 5.48. The third-order valence-electron chi connectivity index (χ3n) is 4.79. The second kappa shape index (κ2) is 9.89. The third kappa shape index (κ3) is 6.11. The van der Waals surface area contributed by atoms with Crippen molar-refractivity contribution in [1.29, 1.82) is 0 Å². The van der Waals surface area contributed by atoms with Crippen LogP contribution in [0.25, 0.3) is 0 Å². The number of benzene rings is 1. The van der Waals surface area contributed by atoms with Crippen LogP contribution in [-0.2, 0) is 13.1 Å². The summed E-state index contributed by atoms with van der Waals surface area (Å²) < 4.78 is 0. The van der Waals surface area contributed by atoms with Gasteiger partial charge in [-0.1, -0.05) is 57.4 Å². The van der Waals surface area contributed by atoms with Crippen molar-refractivity contribution in [2.75, 3.05) is 13.1 Å². The molecule has 0 spiro atoms. The maximum Gasteiger partial charge on any atom is 0.166 e. The van der Waals surface area contributed by atoms with Crippen molar-refractivity contribution in [3.8, 4) is 0 Å². The molecule has 2 rings (SSSR count). The highest BCUT2D eigenvalue weighted by molar-refractivity contribution is 7.80. The first-order chi connectivity index (χ1) is 11.2. The van der Waals surface area contributed by atoms with Gasteiger partial charge < -0.3 is 10.6 Å². The van der Waals surface area contributed by atoms with E-state index in [4.69, 9.17) is 12.2 Å². The standard InChI is InChI=1S/C19H31N3S/c1-3-22(4-2)15-17-11-9-8-10-16(17)14-20-19(23)21-18-12-6-5-7-13-18/h8-11,18H,3-7,12-15H2,1-2H3,(H2,20,21,23). The molecule has 1 aromatic carbocycles. The van der Waals surface area contributed by atoms with Crippen LogP contribution in [0.1, 0.15) is 57.1 Å². The monoisotopic (exact) mass is 333 g/mol. The summed E-state index contributed by atoms with van der Waals surface area (Å²) in [7, 11) is 0. The highest BCUT2D eigenvalue weighted by Crippen LogP contribution is 2.17. The van der Waals surface area contributed by atoms with Gasteiger partial charge in [-0.05, 0) is 49.3 Å². The normalized spacial score (nSPS) is 15.6. The van der Waals surface area contributed by atoms with Crippen LogP contribution in [0.15, 0.2) is 24.3 Å². The molecular weight excluding hydrogens is 302 g/mol. The first-order valence-corrected chi connectivity index (χ1v) is 9.47. The highest BCUT2D eigenvalue weighted by Gasteiger charge is 2.14. The summed E-state index contributed by atoms with van der Waals surface area (Å²) in [5, 5.41) is 7.68. The first kappa shape index (κ1) is 18.2. The van der Waals surface area contributed by atoms with Crippen LogP contribution in [-0.4, -0.2) is 29.1 Å². The Labute approximate surface area is 146 Å². The molecule has 0 aliphatic heterocycles. The predicted molar refractivity (Wildman–Crippen MR) is 103 cm³/mol. The first-order valence-electron chi connectivity index (χ1n) is 9.06. The number of nitrogens with zero attached hydrogens (tertiary/aromatic N) is 1. The Hall–Kier alpha value is -1.13. The van der Waals surface area contributed by atoms with Crippen molar-refractivity contribution in [3.05, 3.63) is 35.4 Å². The fourth-order valence-corrected chi connectivity index (χ4v) is 3.47. The van der Waals surface area contributed by atoms with E-state index < -0.39 is 0 Å². The van der Waals surface area contributed by atoms with Crippen molar-refractivity contribution >= 4 is 17.3 Å². The molecule has 0 saturated heterocycles. The van der Waals surface area contributed by atoms with E-state index in [2.05, 4.69) is 53.6 Å². The molecule has 0 aromatic heterocycles. The van der Waals surface area contributed by atoms with Crippen molar-refractivity contribution in [2.24, 2.45) is 0 Å². The van der Waals surface area contributed by atoms with E-state index in [-0.39, 0.29) is 0 Å². The van der Waals surface area contributed by atoms with Crippen LogP contribution < -0.4 is 10.6 Å². The molecule has 0 radical (unpaired) electrons. The van der Waals surface area contributed by atoms with E-state index in [1.165, 1.54) is 43.2 Å². The second-order valence-corrected chi connectivity index (χ2v) is 6.80. The molecule has 1 saturated carbocycles. The minimum absolute atomic E-state index is 0.565. The third-order valence-corrected chi connectivity index (χ3v) is 5.05. The number of nitrogens with one attached hydrogen (secondary N) is 2. The van der Waals surface area contributed by atoms with Crippen LogP contribution in [0.3, 0.4) is 0 Å². The number of hydrogen-bond acceptors (Lipinski definition) is 2. The van der Waals surface area contributed by atoms with E-state index in [9.17, 15) is 0 Å². The number of thiocarbonyl (C=S) groups is 1. The van der Waals surface area contributed by atoms with Gasteiger partial charge in [-0.25, -0.2) is 0 Å².